The minimum Gasteiger partial charge on any atom is -0.320 e. The summed E-state index contributed by atoms with van der Waals surface area (Å²) in [5, 5.41) is 14.0. The molecule has 0 aliphatic carbocycles. The highest BCUT2D eigenvalue weighted by molar-refractivity contribution is 6.32. The van der Waals surface area contributed by atoms with Crippen LogP contribution in [0.2, 0.25) is 5.02 Å². The fourth-order valence-corrected chi connectivity index (χ4v) is 3.01. The molecule has 13 heteroatoms. The normalized spacial score (nSPS) is 11.5. The number of nitrogens with one attached hydrogen (secondary N) is 1. The summed E-state index contributed by atoms with van der Waals surface area (Å²) in [6, 6.07) is 4.38. The van der Waals surface area contributed by atoms with Gasteiger partial charge in [0.25, 0.3) is 5.91 Å². The van der Waals surface area contributed by atoms with E-state index in [1.54, 1.807) is 13.0 Å². The molecule has 0 radical (unpaired) electrons. The molecular weight excluding hydrogens is 437 g/mol. The average Bonchev–Trinajstić information content (AvgIpc) is 3.38. The Kier molecular flexibility index (Phi) is 5.15. The number of hydrogen-bond acceptors (Lipinski definition) is 6. The van der Waals surface area contributed by atoms with Gasteiger partial charge in [-0.1, -0.05) is 11.6 Å². The molecular formula is C18H12ClF3N8O. The summed E-state index contributed by atoms with van der Waals surface area (Å²) in [6.45, 7) is 1.70. The zero-order valence-corrected chi connectivity index (χ0v) is 16.4. The first-order valence-corrected chi connectivity index (χ1v) is 9.03. The maximum absolute atomic E-state index is 13.8. The van der Waals surface area contributed by atoms with Gasteiger partial charge in [0.15, 0.2) is 17.3 Å². The molecule has 0 atom stereocenters. The monoisotopic (exact) mass is 448 g/mol. The van der Waals surface area contributed by atoms with E-state index in [2.05, 4.69) is 30.6 Å². The van der Waals surface area contributed by atoms with Crippen LogP contribution in [0.5, 0.6) is 0 Å². The quantitative estimate of drug-likeness (QED) is 0.512. The SMILES string of the molecule is Cc1ccnc(-n2ncc(C(=O)Nc3cnc(-n4nccn4)c(Cl)c3)c2C(F)(F)F)c1. The van der Waals surface area contributed by atoms with Crippen LogP contribution in [0.1, 0.15) is 21.6 Å². The van der Waals surface area contributed by atoms with Crippen molar-refractivity contribution in [2.45, 2.75) is 13.1 Å². The number of halogens is 4. The molecule has 4 aromatic rings. The second kappa shape index (κ2) is 7.80. The van der Waals surface area contributed by atoms with Crippen molar-refractivity contribution in [1.29, 1.82) is 0 Å². The Morgan fingerprint density at radius 1 is 1.06 bits per heavy atom. The van der Waals surface area contributed by atoms with Crippen molar-refractivity contribution in [2.24, 2.45) is 0 Å². The minimum atomic E-state index is -4.86. The van der Waals surface area contributed by atoms with Crippen LogP contribution in [0.15, 0.2) is 49.2 Å². The number of alkyl halides is 3. The maximum Gasteiger partial charge on any atom is 0.434 e. The second-order valence-electron chi connectivity index (χ2n) is 6.31. The smallest absolute Gasteiger partial charge is 0.320 e. The molecule has 1 amide bonds. The predicted molar refractivity (Wildman–Crippen MR) is 103 cm³/mol. The van der Waals surface area contributed by atoms with E-state index in [1.165, 1.54) is 36.9 Å². The number of carbonyl (C=O) groups excluding carboxylic acids is 1. The number of rotatable bonds is 4. The summed E-state index contributed by atoms with van der Waals surface area (Å²) in [6.07, 6.45) is 1.40. The van der Waals surface area contributed by atoms with Gasteiger partial charge in [0, 0.05) is 6.20 Å². The van der Waals surface area contributed by atoms with Gasteiger partial charge in [0.2, 0.25) is 0 Å². The first kappa shape index (κ1) is 20.5. The largest absolute Gasteiger partial charge is 0.434 e. The zero-order chi connectivity index (χ0) is 22.2. The number of carbonyl (C=O) groups is 1. The predicted octanol–water partition coefficient (Wildman–Crippen LogP) is 3.48. The molecule has 0 aromatic carbocycles. The van der Waals surface area contributed by atoms with Crippen molar-refractivity contribution in [3.63, 3.8) is 0 Å². The van der Waals surface area contributed by atoms with Crippen LogP contribution in [0.25, 0.3) is 11.6 Å². The molecule has 4 aromatic heterocycles. The van der Waals surface area contributed by atoms with Gasteiger partial charge in [-0.3, -0.25) is 4.79 Å². The lowest BCUT2D eigenvalue weighted by atomic mass is 10.2. The van der Waals surface area contributed by atoms with Crippen molar-refractivity contribution in [2.75, 3.05) is 5.32 Å². The van der Waals surface area contributed by atoms with Crippen LogP contribution in [-0.4, -0.2) is 40.6 Å². The third-order valence-corrected chi connectivity index (χ3v) is 4.37. The molecule has 31 heavy (non-hydrogen) atoms. The van der Waals surface area contributed by atoms with Crippen LogP contribution < -0.4 is 5.32 Å². The van der Waals surface area contributed by atoms with E-state index >= 15 is 0 Å². The fourth-order valence-electron chi connectivity index (χ4n) is 2.77. The van der Waals surface area contributed by atoms with Gasteiger partial charge < -0.3 is 5.32 Å². The highest BCUT2D eigenvalue weighted by Crippen LogP contribution is 2.34. The number of pyridine rings is 2. The van der Waals surface area contributed by atoms with E-state index in [9.17, 15) is 18.0 Å². The fraction of sp³-hybridized carbons (Fsp3) is 0.111. The van der Waals surface area contributed by atoms with E-state index in [1.807, 2.05) is 0 Å². The Morgan fingerprint density at radius 3 is 2.45 bits per heavy atom. The highest BCUT2D eigenvalue weighted by atomic mass is 35.5. The van der Waals surface area contributed by atoms with Crippen LogP contribution in [0.4, 0.5) is 18.9 Å². The molecule has 0 aliphatic heterocycles. The van der Waals surface area contributed by atoms with Gasteiger partial charge in [-0.15, -0.1) is 4.80 Å². The van der Waals surface area contributed by atoms with Gasteiger partial charge >= 0.3 is 6.18 Å². The van der Waals surface area contributed by atoms with E-state index in [-0.39, 0.29) is 22.3 Å². The molecule has 0 unspecified atom stereocenters. The summed E-state index contributed by atoms with van der Waals surface area (Å²) >= 11 is 6.13. The Hall–Kier alpha value is -3.80. The molecule has 4 rings (SSSR count). The number of aryl methyl sites for hydroxylation is 1. The summed E-state index contributed by atoms with van der Waals surface area (Å²) in [4.78, 5) is 21.7. The molecule has 9 nitrogen and oxygen atoms in total. The lowest BCUT2D eigenvalue weighted by molar-refractivity contribution is -0.143. The van der Waals surface area contributed by atoms with Crippen LogP contribution in [0.3, 0.4) is 0 Å². The van der Waals surface area contributed by atoms with Crippen LogP contribution >= 0.6 is 11.6 Å². The first-order chi connectivity index (χ1) is 14.7. The van der Waals surface area contributed by atoms with Crippen molar-refractivity contribution in [1.82, 2.24) is 34.7 Å². The summed E-state index contributed by atoms with van der Waals surface area (Å²) in [5.41, 5.74) is -1.16. The lowest BCUT2D eigenvalue weighted by Crippen LogP contribution is -2.21. The maximum atomic E-state index is 13.8. The average molecular weight is 449 g/mol. The molecule has 0 saturated carbocycles. The van der Waals surface area contributed by atoms with Crippen molar-refractivity contribution in [3.05, 3.63) is 71.0 Å². The van der Waals surface area contributed by atoms with Gasteiger partial charge in [0.05, 0.1) is 41.1 Å². The Labute approximate surface area is 177 Å². The van der Waals surface area contributed by atoms with E-state index in [0.29, 0.717) is 10.2 Å². The number of amides is 1. The van der Waals surface area contributed by atoms with Crippen molar-refractivity contribution in [3.8, 4) is 11.6 Å². The lowest BCUT2D eigenvalue weighted by Gasteiger charge is -2.13. The van der Waals surface area contributed by atoms with E-state index < -0.39 is 23.3 Å². The van der Waals surface area contributed by atoms with Crippen molar-refractivity contribution >= 4 is 23.2 Å². The summed E-state index contributed by atoms with van der Waals surface area (Å²) in [5.74, 6) is -0.903. The Bertz CT molecular complexity index is 1250. The molecule has 0 bridgehead atoms. The van der Waals surface area contributed by atoms with Crippen molar-refractivity contribution < 1.29 is 18.0 Å². The third-order valence-electron chi connectivity index (χ3n) is 4.09. The van der Waals surface area contributed by atoms with Gasteiger partial charge in [-0.25, -0.2) is 14.6 Å². The molecule has 0 spiro atoms. The first-order valence-electron chi connectivity index (χ1n) is 8.66. The van der Waals surface area contributed by atoms with Gasteiger partial charge in [-0.2, -0.15) is 28.5 Å². The number of aromatic nitrogens is 7. The van der Waals surface area contributed by atoms with E-state index in [4.69, 9.17) is 11.6 Å². The highest BCUT2D eigenvalue weighted by Gasteiger charge is 2.41. The Morgan fingerprint density at radius 2 is 1.81 bits per heavy atom. The number of nitrogens with zero attached hydrogens (tertiary/aromatic N) is 7. The van der Waals surface area contributed by atoms with Crippen LogP contribution in [-0.2, 0) is 6.18 Å². The van der Waals surface area contributed by atoms with Crippen LogP contribution in [0, 0.1) is 6.92 Å². The second-order valence-corrected chi connectivity index (χ2v) is 6.72. The topological polar surface area (TPSA) is 103 Å². The summed E-state index contributed by atoms with van der Waals surface area (Å²) in [7, 11) is 0. The molecule has 0 fully saturated rings. The molecule has 158 valence electrons. The van der Waals surface area contributed by atoms with E-state index in [0.717, 1.165) is 11.0 Å². The molecule has 0 saturated heterocycles. The Balaban J connectivity index is 1.67. The standard InChI is InChI=1S/C18H12ClF3N8O/c1-10-2-3-23-14(6-10)29-15(18(20,21)22)12(9-27-29)17(31)28-11-7-13(19)16(24-8-11)30-25-4-5-26-30/h2-9H,1H3,(H,28,31). The third kappa shape index (κ3) is 4.10. The molecule has 1 N–H and O–H groups in total. The number of anilines is 1. The zero-order valence-electron chi connectivity index (χ0n) is 15.7. The molecule has 0 aliphatic rings. The van der Waals surface area contributed by atoms with Gasteiger partial charge in [0.1, 0.15) is 0 Å². The summed E-state index contributed by atoms with van der Waals surface area (Å²) < 4.78 is 41.9. The molecule has 4 heterocycles. The minimum absolute atomic E-state index is 0.0628. The van der Waals surface area contributed by atoms with Gasteiger partial charge in [-0.05, 0) is 30.7 Å². The number of hydrogen-bond donors (Lipinski definition) is 1.